The van der Waals surface area contributed by atoms with Gasteiger partial charge in [-0.1, -0.05) is 30.3 Å². The van der Waals surface area contributed by atoms with Gasteiger partial charge in [-0.15, -0.1) is 0 Å². The molecule has 6 nitrogen and oxygen atoms in total. The molecule has 2 aliphatic rings. The third-order valence-corrected chi connectivity index (χ3v) is 5.55. The summed E-state index contributed by atoms with van der Waals surface area (Å²) >= 11 is 0. The van der Waals surface area contributed by atoms with Crippen LogP contribution in [0.2, 0.25) is 0 Å². The Labute approximate surface area is 169 Å². The average Bonchev–Trinajstić information content (AvgIpc) is 3.08. The van der Waals surface area contributed by atoms with Crippen molar-refractivity contribution >= 4 is 23.5 Å². The Kier molecular flexibility index (Phi) is 4.56. The molecule has 1 unspecified atom stereocenters. The van der Waals surface area contributed by atoms with E-state index in [2.05, 4.69) is 0 Å². The Morgan fingerprint density at radius 1 is 1.10 bits per heavy atom. The molecule has 1 atom stereocenters. The van der Waals surface area contributed by atoms with E-state index in [4.69, 9.17) is 4.74 Å². The molecule has 0 radical (unpaired) electrons. The van der Waals surface area contributed by atoms with E-state index < -0.39 is 35.9 Å². The molecule has 2 aromatic rings. The number of carbonyl (C=O) groups is 3. The summed E-state index contributed by atoms with van der Waals surface area (Å²) in [6, 6.07) is 11.2. The number of fused-ring (bicyclic) bond motifs is 3. The number of anilines is 1. The molecule has 0 saturated carbocycles. The van der Waals surface area contributed by atoms with Crippen molar-refractivity contribution in [3.63, 3.8) is 0 Å². The van der Waals surface area contributed by atoms with Gasteiger partial charge in [0.2, 0.25) is 11.6 Å². The number of carbonyl (C=O) groups excluding carboxylic acids is 3. The van der Waals surface area contributed by atoms with Crippen LogP contribution in [0.15, 0.2) is 48.5 Å². The van der Waals surface area contributed by atoms with Crippen LogP contribution in [0.25, 0.3) is 0 Å². The molecule has 2 aromatic carbocycles. The standard InChI is InChI=1S/C21H17F3N2O4/c1-25-18(28)14-7-3-5-9-16(14)26-17(27)10-11-20(25,26)19(29)30-12-13-6-2-4-8-15(13)21(22,23)24/h2-9H,10-12H2,1H3. The van der Waals surface area contributed by atoms with Crippen LogP contribution in [0.4, 0.5) is 18.9 Å². The van der Waals surface area contributed by atoms with E-state index >= 15 is 0 Å². The molecule has 0 aliphatic carbocycles. The third-order valence-electron chi connectivity index (χ3n) is 5.55. The molecule has 2 heterocycles. The minimum Gasteiger partial charge on any atom is -0.458 e. The fourth-order valence-corrected chi connectivity index (χ4v) is 4.07. The van der Waals surface area contributed by atoms with Gasteiger partial charge in [-0.25, -0.2) is 4.79 Å². The third kappa shape index (κ3) is 2.84. The predicted octanol–water partition coefficient (Wildman–Crippen LogP) is 3.36. The summed E-state index contributed by atoms with van der Waals surface area (Å²) in [6.45, 7) is -0.637. The van der Waals surface area contributed by atoms with Crippen molar-refractivity contribution in [1.82, 2.24) is 4.90 Å². The van der Waals surface area contributed by atoms with Gasteiger partial charge in [0, 0.05) is 25.5 Å². The van der Waals surface area contributed by atoms with Crippen LogP contribution in [-0.2, 0) is 27.1 Å². The van der Waals surface area contributed by atoms with Gasteiger partial charge in [0.1, 0.15) is 6.61 Å². The molecule has 0 N–H and O–H groups in total. The normalized spacial score (nSPS) is 20.8. The van der Waals surface area contributed by atoms with Gasteiger partial charge in [0.25, 0.3) is 5.91 Å². The van der Waals surface area contributed by atoms with Crippen LogP contribution in [0.5, 0.6) is 0 Å². The van der Waals surface area contributed by atoms with Crippen molar-refractivity contribution in [2.24, 2.45) is 0 Å². The molecular weight excluding hydrogens is 401 g/mol. The van der Waals surface area contributed by atoms with E-state index in [1.807, 2.05) is 0 Å². The number of para-hydroxylation sites is 1. The largest absolute Gasteiger partial charge is 0.458 e. The van der Waals surface area contributed by atoms with Crippen LogP contribution in [0.1, 0.15) is 34.3 Å². The Morgan fingerprint density at radius 2 is 1.77 bits per heavy atom. The minimum absolute atomic E-state index is 0.000191. The SMILES string of the molecule is CN1C(=O)c2ccccc2N2C(=O)CCC12C(=O)OCc1ccccc1C(F)(F)F. The number of rotatable bonds is 3. The van der Waals surface area contributed by atoms with Gasteiger partial charge in [-0.2, -0.15) is 13.2 Å². The lowest BCUT2D eigenvalue weighted by Crippen LogP contribution is -2.67. The number of ether oxygens (including phenoxy) is 1. The molecule has 1 fully saturated rings. The maximum Gasteiger partial charge on any atom is 0.416 e. The second-order valence-electron chi connectivity index (χ2n) is 7.16. The van der Waals surface area contributed by atoms with Crippen molar-refractivity contribution in [2.45, 2.75) is 31.3 Å². The quantitative estimate of drug-likeness (QED) is 0.717. The van der Waals surface area contributed by atoms with Crippen LogP contribution < -0.4 is 4.90 Å². The van der Waals surface area contributed by atoms with E-state index in [1.54, 1.807) is 24.3 Å². The summed E-state index contributed by atoms with van der Waals surface area (Å²) in [5.41, 5.74) is -2.30. The molecule has 0 bridgehead atoms. The van der Waals surface area contributed by atoms with E-state index in [1.165, 1.54) is 30.1 Å². The first-order chi connectivity index (χ1) is 14.2. The predicted molar refractivity (Wildman–Crippen MR) is 99.2 cm³/mol. The first-order valence-corrected chi connectivity index (χ1v) is 9.20. The van der Waals surface area contributed by atoms with Crippen LogP contribution >= 0.6 is 0 Å². The average molecular weight is 418 g/mol. The fourth-order valence-electron chi connectivity index (χ4n) is 4.07. The second-order valence-corrected chi connectivity index (χ2v) is 7.16. The molecule has 4 rings (SSSR count). The number of esters is 1. The van der Waals surface area contributed by atoms with Crippen molar-refractivity contribution in [3.05, 3.63) is 65.2 Å². The van der Waals surface area contributed by atoms with Gasteiger partial charge >= 0.3 is 12.1 Å². The maximum absolute atomic E-state index is 13.2. The van der Waals surface area contributed by atoms with Gasteiger partial charge < -0.3 is 9.64 Å². The smallest absolute Gasteiger partial charge is 0.416 e. The van der Waals surface area contributed by atoms with Crippen LogP contribution in [-0.4, -0.2) is 35.4 Å². The van der Waals surface area contributed by atoms with Crippen molar-refractivity contribution < 1.29 is 32.3 Å². The molecule has 9 heteroatoms. The Bertz CT molecular complexity index is 1050. The Morgan fingerprint density at radius 3 is 2.50 bits per heavy atom. The first kappa shape index (κ1) is 19.9. The summed E-state index contributed by atoms with van der Waals surface area (Å²) in [7, 11) is 1.38. The number of hydrogen-bond donors (Lipinski definition) is 0. The van der Waals surface area contributed by atoms with E-state index in [-0.39, 0.29) is 35.6 Å². The maximum atomic E-state index is 13.2. The molecular formula is C21H17F3N2O4. The lowest BCUT2D eigenvalue weighted by atomic mass is 9.97. The number of hydrogen-bond acceptors (Lipinski definition) is 4. The van der Waals surface area contributed by atoms with Crippen LogP contribution in [0.3, 0.4) is 0 Å². The summed E-state index contributed by atoms with van der Waals surface area (Å²) in [4.78, 5) is 41.0. The topological polar surface area (TPSA) is 66.9 Å². The zero-order chi connectivity index (χ0) is 21.7. The van der Waals surface area contributed by atoms with Crippen molar-refractivity contribution in [2.75, 3.05) is 11.9 Å². The number of amides is 2. The molecule has 156 valence electrons. The molecule has 30 heavy (non-hydrogen) atoms. The van der Waals surface area contributed by atoms with Crippen molar-refractivity contribution in [1.29, 1.82) is 0 Å². The zero-order valence-corrected chi connectivity index (χ0v) is 15.9. The molecule has 2 aliphatic heterocycles. The summed E-state index contributed by atoms with van der Waals surface area (Å²) < 4.78 is 44.9. The summed E-state index contributed by atoms with van der Waals surface area (Å²) in [6.07, 6.45) is -4.62. The highest BCUT2D eigenvalue weighted by Crippen LogP contribution is 2.44. The highest BCUT2D eigenvalue weighted by atomic mass is 19.4. The monoisotopic (exact) mass is 418 g/mol. The number of likely N-dealkylation sites (N-methyl/N-ethyl adjacent to an activating group) is 1. The fraction of sp³-hybridized carbons (Fsp3) is 0.286. The highest BCUT2D eigenvalue weighted by molar-refractivity contribution is 6.15. The van der Waals surface area contributed by atoms with Gasteiger partial charge in [0.15, 0.2) is 0 Å². The van der Waals surface area contributed by atoms with E-state index in [0.717, 1.165) is 11.0 Å². The Hall–Kier alpha value is -3.36. The number of benzene rings is 2. The number of halogens is 3. The molecule has 2 amide bonds. The molecule has 0 aromatic heterocycles. The molecule has 1 saturated heterocycles. The highest BCUT2D eigenvalue weighted by Gasteiger charge is 2.60. The number of alkyl halides is 3. The van der Waals surface area contributed by atoms with Gasteiger partial charge in [0.05, 0.1) is 16.8 Å². The van der Waals surface area contributed by atoms with Crippen LogP contribution in [0, 0.1) is 0 Å². The van der Waals surface area contributed by atoms with E-state index in [0.29, 0.717) is 0 Å². The summed E-state index contributed by atoms with van der Waals surface area (Å²) in [5.74, 6) is -1.78. The lowest BCUT2D eigenvalue weighted by Gasteiger charge is -2.46. The lowest BCUT2D eigenvalue weighted by molar-refractivity contribution is -0.159. The molecule has 0 spiro atoms. The van der Waals surface area contributed by atoms with Gasteiger partial charge in [-0.05, 0) is 18.2 Å². The second kappa shape index (κ2) is 6.86. The Balaban J connectivity index is 1.69. The summed E-state index contributed by atoms with van der Waals surface area (Å²) in [5, 5.41) is 0. The van der Waals surface area contributed by atoms with Gasteiger partial charge in [-0.3, -0.25) is 14.5 Å². The minimum atomic E-state index is -4.60. The van der Waals surface area contributed by atoms with E-state index in [9.17, 15) is 27.6 Å². The zero-order valence-electron chi connectivity index (χ0n) is 15.9. The van der Waals surface area contributed by atoms with Crippen molar-refractivity contribution in [3.8, 4) is 0 Å². The number of nitrogens with zero attached hydrogens (tertiary/aromatic N) is 2. The first-order valence-electron chi connectivity index (χ1n) is 9.20.